The third-order valence-electron chi connectivity index (χ3n) is 4.51. The van der Waals surface area contributed by atoms with E-state index < -0.39 is 0 Å². The van der Waals surface area contributed by atoms with Crippen molar-refractivity contribution in [1.82, 2.24) is 20.0 Å². The number of guanidine groups is 1. The van der Waals surface area contributed by atoms with Gasteiger partial charge in [-0.05, 0) is 26.8 Å². The summed E-state index contributed by atoms with van der Waals surface area (Å²) in [5.74, 6) is 0.491. The highest BCUT2D eigenvalue weighted by Crippen LogP contribution is 2.14. The number of nitrogens with two attached hydrogens (primary N) is 1. The Morgan fingerprint density at radius 2 is 2.04 bits per heavy atom. The zero-order valence-electron chi connectivity index (χ0n) is 16.2. The van der Waals surface area contributed by atoms with E-state index >= 15 is 0 Å². The summed E-state index contributed by atoms with van der Waals surface area (Å²) >= 11 is 0. The maximum absolute atomic E-state index is 5.99. The predicted octanol–water partition coefficient (Wildman–Crippen LogP) is 0.891. The predicted molar refractivity (Wildman–Crippen MR) is 114 cm³/mol. The monoisotopic (exact) mass is 480 g/mol. The molecule has 0 unspecified atom stereocenters. The Balaban J connectivity index is 0.00000338. The number of hydrogen-bond acceptors (Lipinski definition) is 5. The molecule has 2 heterocycles. The summed E-state index contributed by atoms with van der Waals surface area (Å²) in [6.07, 6.45) is 1.04. The first-order chi connectivity index (χ1) is 12.1. The second-order valence-electron chi connectivity index (χ2n) is 6.30. The molecule has 3 N–H and O–H groups in total. The van der Waals surface area contributed by atoms with E-state index in [4.69, 9.17) is 15.2 Å². The van der Waals surface area contributed by atoms with Crippen molar-refractivity contribution in [3.8, 4) is 0 Å². The van der Waals surface area contributed by atoms with E-state index in [-0.39, 0.29) is 24.0 Å². The van der Waals surface area contributed by atoms with Gasteiger partial charge in [0.2, 0.25) is 0 Å². The van der Waals surface area contributed by atoms with Crippen molar-refractivity contribution in [2.24, 2.45) is 10.7 Å². The molecule has 0 spiro atoms. The van der Waals surface area contributed by atoms with Gasteiger partial charge in [-0.25, -0.2) is 4.99 Å². The first-order valence-corrected chi connectivity index (χ1v) is 8.97. The molecule has 9 heteroatoms. The summed E-state index contributed by atoms with van der Waals surface area (Å²) < 4.78 is 12.4. The molecule has 1 saturated heterocycles. The summed E-state index contributed by atoms with van der Waals surface area (Å²) in [6, 6.07) is 0. The van der Waals surface area contributed by atoms with Gasteiger partial charge in [-0.15, -0.1) is 24.0 Å². The van der Waals surface area contributed by atoms with Crippen molar-refractivity contribution in [1.29, 1.82) is 0 Å². The molecule has 0 bridgehead atoms. The number of methoxy groups -OCH3 is 1. The van der Waals surface area contributed by atoms with Crippen LogP contribution in [0.3, 0.4) is 0 Å². The molecule has 1 aromatic heterocycles. The Morgan fingerprint density at radius 3 is 2.73 bits per heavy atom. The van der Waals surface area contributed by atoms with E-state index in [0.717, 1.165) is 69.3 Å². The van der Waals surface area contributed by atoms with E-state index in [1.54, 1.807) is 7.11 Å². The second-order valence-corrected chi connectivity index (χ2v) is 6.30. The Kier molecular flexibility index (Phi) is 11.1. The van der Waals surface area contributed by atoms with E-state index in [9.17, 15) is 0 Å². The number of aliphatic imine (C=N–C) groups is 1. The van der Waals surface area contributed by atoms with Crippen LogP contribution >= 0.6 is 24.0 Å². The highest BCUT2D eigenvalue weighted by molar-refractivity contribution is 14.0. The van der Waals surface area contributed by atoms with Crippen LogP contribution in [0, 0.1) is 13.8 Å². The van der Waals surface area contributed by atoms with Crippen molar-refractivity contribution in [3.63, 3.8) is 0 Å². The third-order valence-corrected chi connectivity index (χ3v) is 4.51. The maximum atomic E-state index is 5.99. The molecule has 2 rings (SSSR count). The van der Waals surface area contributed by atoms with Gasteiger partial charge < -0.3 is 20.5 Å². The molecule has 0 aliphatic carbocycles. The van der Waals surface area contributed by atoms with Gasteiger partial charge >= 0.3 is 0 Å². The fraction of sp³-hybridized carbons (Fsp3) is 0.765. The molecule has 0 atom stereocenters. The molecular formula is C17H33IN6O2. The van der Waals surface area contributed by atoms with Gasteiger partial charge in [-0.1, -0.05) is 0 Å². The molecule has 0 amide bonds. The van der Waals surface area contributed by atoms with Crippen LogP contribution in [0.1, 0.15) is 23.4 Å². The Morgan fingerprint density at radius 1 is 1.31 bits per heavy atom. The van der Waals surface area contributed by atoms with E-state index in [1.807, 2.05) is 11.6 Å². The zero-order chi connectivity index (χ0) is 18.1. The largest absolute Gasteiger partial charge is 0.383 e. The molecule has 26 heavy (non-hydrogen) atoms. The van der Waals surface area contributed by atoms with Crippen LogP contribution in [0.25, 0.3) is 0 Å². The van der Waals surface area contributed by atoms with E-state index in [0.29, 0.717) is 19.1 Å². The average Bonchev–Trinajstić information content (AvgIpc) is 2.89. The lowest BCUT2D eigenvalue weighted by Gasteiger charge is -2.26. The van der Waals surface area contributed by atoms with Crippen LogP contribution in [0.15, 0.2) is 4.99 Å². The van der Waals surface area contributed by atoms with Crippen LogP contribution in [-0.2, 0) is 22.6 Å². The molecule has 0 aromatic carbocycles. The molecule has 150 valence electrons. The zero-order valence-corrected chi connectivity index (χ0v) is 18.5. The number of nitrogens with zero attached hydrogens (tertiary/aromatic N) is 4. The number of hydrogen-bond donors (Lipinski definition) is 2. The molecular weight excluding hydrogens is 447 g/mol. The van der Waals surface area contributed by atoms with Crippen LogP contribution < -0.4 is 11.1 Å². The van der Waals surface area contributed by atoms with Crippen molar-refractivity contribution < 1.29 is 9.47 Å². The van der Waals surface area contributed by atoms with Crippen LogP contribution in [0.5, 0.6) is 0 Å². The van der Waals surface area contributed by atoms with Gasteiger partial charge in [0.15, 0.2) is 5.96 Å². The molecule has 1 aromatic rings. The summed E-state index contributed by atoms with van der Waals surface area (Å²) in [5, 5.41) is 7.74. The molecule has 1 aliphatic heterocycles. The van der Waals surface area contributed by atoms with Gasteiger partial charge in [0, 0.05) is 38.0 Å². The minimum atomic E-state index is 0. The van der Waals surface area contributed by atoms with Crippen molar-refractivity contribution in [3.05, 3.63) is 17.0 Å². The Hall–Kier alpha value is -0.910. The Labute approximate surface area is 173 Å². The standard InChI is InChI=1S/C17H32N6O2.HI/c1-14-16(15(2)23(21-14)9-10-24-3)13-20-17(18)19-5-4-6-22-7-11-25-12-8-22;/h4-13H2,1-3H3,(H3,18,19,20);1H. The first kappa shape index (κ1) is 23.1. The number of morpholine rings is 1. The van der Waals surface area contributed by atoms with Crippen molar-refractivity contribution >= 4 is 29.9 Å². The Bertz CT molecular complexity index is 558. The number of ether oxygens (including phenoxy) is 2. The lowest BCUT2D eigenvalue weighted by molar-refractivity contribution is 0.0376. The molecule has 0 radical (unpaired) electrons. The third kappa shape index (κ3) is 7.37. The summed E-state index contributed by atoms with van der Waals surface area (Å²) in [5.41, 5.74) is 9.24. The first-order valence-electron chi connectivity index (χ1n) is 8.97. The van der Waals surface area contributed by atoms with E-state index in [2.05, 4.69) is 27.2 Å². The number of aromatic nitrogens is 2. The maximum Gasteiger partial charge on any atom is 0.188 e. The summed E-state index contributed by atoms with van der Waals surface area (Å²) in [7, 11) is 1.70. The smallest absolute Gasteiger partial charge is 0.188 e. The fourth-order valence-corrected chi connectivity index (χ4v) is 2.92. The van der Waals surface area contributed by atoms with Gasteiger partial charge in [-0.2, -0.15) is 5.10 Å². The summed E-state index contributed by atoms with van der Waals surface area (Å²) in [6.45, 7) is 11.6. The number of rotatable bonds is 9. The van der Waals surface area contributed by atoms with E-state index in [1.165, 1.54) is 0 Å². The van der Waals surface area contributed by atoms with Gasteiger partial charge in [0.25, 0.3) is 0 Å². The minimum Gasteiger partial charge on any atom is -0.383 e. The quantitative estimate of drug-likeness (QED) is 0.236. The molecule has 8 nitrogen and oxygen atoms in total. The van der Waals surface area contributed by atoms with Crippen LogP contribution in [0.2, 0.25) is 0 Å². The summed E-state index contributed by atoms with van der Waals surface area (Å²) in [4.78, 5) is 6.88. The molecule has 0 saturated carbocycles. The van der Waals surface area contributed by atoms with Gasteiger partial charge in [0.1, 0.15) is 0 Å². The lowest BCUT2D eigenvalue weighted by atomic mass is 10.2. The normalized spacial score (nSPS) is 15.7. The molecule has 1 aliphatic rings. The van der Waals surface area contributed by atoms with Crippen molar-refractivity contribution in [2.45, 2.75) is 33.4 Å². The second kappa shape index (κ2) is 12.5. The SMILES string of the molecule is COCCn1nc(C)c(CN=C(N)NCCCN2CCOCC2)c1C.I. The van der Waals surface area contributed by atoms with Crippen LogP contribution in [0.4, 0.5) is 0 Å². The fourth-order valence-electron chi connectivity index (χ4n) is 2.92. The van der Waals surface area contributed by atoms with Gasteiger partial charge in [-0.3, -0.25) is 9.58 Å². The number of halogens is 1. The molecule has 1 fully saturated rings. The highest BCUT2D eigenvalue weighted by atomic mass is 127. The lowest BCUT2D eigenvalue weighted by Crippen LogP contribution is -2.39. The highest BCUT2D eigenvalue weighted by Gasteiger charge is 2.11. The van der Waals surface area contributed by atoms with Crippen LogP contribution in [-0.4, -0.2) is 73.7 Å². The average molecular weight is 480 g/mol. The number of aryl methyl sites for hydroxylation is 1. The van der Waals surface area contributed by atoms with Gasteiger partial charge in [0.05, 0.1) is 38.6 Å². The number of nitrogens with one attached hydrogen (secondary N) is 1. The minimum absolute atomic E-state index is 0. The van der Waals surface area contributed by atoms with Crippen molar-refractivity contribution in [2.75, 3.05) is 53.1 Å². The topological polar surface area (TPSA) is 89.9 Å².